The van der Waals surface area contributed by atoms with Crippen LogP contribution in [0.2, 0.25) is 0 Å². The summed E-state index contributed by atoms with van der Waals surface area (Å²) in [4.78, 5) is 10.7. The molecule has 0 aliphatic heterocycles. The Morgan fingerprint density at radius 3 is 2.44 bits per heavy atom. The number of carboxylic acids is 1. The third-order valence-corrected chi connectivity index (χ3v) is 5.59. The molecular weight excluding hydrogens is 407 g/mol. The molecule has 27 heavy (non-hydrogen) atoms. The minimum Gasteiger partial charge on any atom is -0.476 e. The molecule has 2 aromatic carbocycles. The predicted octanol–water partition coefficient (Wildman–Crippen LogP) is 2.79. The summed E-state index contributed by atoms with van der Waals surface area (Å²) >= 11 is 1.11. The lowest BCUT2D eigenvalue weighted by Gasteiger charge is -2.10. The SMILES string of the molecule is O=C(O)C(F)Oc1ccc(SCCNS(=O)(=O)c2ccc(F)cc2)cc1F. The van der Waals surface area contributed by atoms with Crippen LogP contribution in [0.3, 0.4) is 0 Å². The summed E-state index contributed by atoms with van der Waals surface area (Å²) in [5.74, 6) is -3.68. The van der Waals surface area contributed by atoms with Crippen LogP contribution in [0.5, 0.6) is 5.75 Å². The first kappa shape index (κ1) is 21.1. The molecule has 0 aliphatic carbocycles. The zero-order valence-electron chi connectivity index (χ0n) is 13.6. The van der Waals surface area contributed by atoms with Crippen LogP contribution in [-0.2, 0) is 14.8 Å². The van der Waals surface area contributed by atoms with Crippen molar-refractivity contribution < 1.29 is 36.2 Å². The van der Waals surface area contributed by atoms with Crippen LogP contribution in [0, 0.1) is 11.6 Å². The molecule has 6 nitrogen and oxygen atoms in total. The molecule has 2 rings (SSSR count). The Labute approximate surface area is 157 Å². The van der Waals surface area contributed by atoms with Crippen LogP contribution >= 0.6 is 11.8 Å². The first-order valence-electron chi connectivity index (χ1n) is 7.40. The molecule has 0 amide bonds. The zero-order valence-corrected chi connectivity index (χ0v) is 15.2. The normalized spacial score (nSPS) is 12.6. The van der Waals surface area contributed by atoms with Crippen molar-refractivity contribution in [1.29, 1.82) is 0 Å². The van der Waals surface area contributed by atoms with Gasteiger partial charge in [0.05, 0.1) is 4.90 Å². The van der Waals surface area contributed by atoms with E-state index < -0.39 is 39.7 Å². The first-order valence-corrected chi connectivity index (χ1v) is 9.87. The molecule has 1 atom stereocenters. The number of carbonyl (C=O) groups is 1. The second kappa shape index (κ2) is 9.11. The summed E-state index contributed by atoms with van der Waals surface area (Å²) < 4.78 is 70.2. The van der Waals surface area contributed by atoms with E-state index >= 15 is 0 Å². The van der Waals surface area contributed by atoms with Gasteiger partial charge >= 0.3 is 12.3 Å². The van der Waals surface area contributed by atoms with Gasteiger partial charge in [-0.05, 0) is 42.5 Å². The van der Waals surface area contributed by atoms with Gasteiger partial charge in [0, 0.05) is 17.2 Å². The van der Waals surface area contributed by atoms with E-state index in [2.05, 4.69) is 9.46 Å². The van der Waals surface area contributed by atoms with Crippen LogP contribution in [0.15, 0.2) is 52.3 Å². The fourth-order valence-electron chi connectivity index (χ4n) is 1.87. The third kappa shape index (κ3) is 6.15. The van der Waals surface area contributed by atoms with E-state index in [0.717, 1.165) is 48.2 Å². The molecule has 0 saturated heterocycles. The Kier molecular flexibility index (Phi) is 7.11. The molecule has 2 aromatic rings. The summed E-state index contributed by atoms with van der Waals surface area (Å²) in [5, 5.41) is 8.39. The number of carboxylic acid groups (broad SMARTS) is 1. The molecular formula is C16H14F3NO5S2. The molecule has 2 N–H and O–H groups in total. The number of nitrogens with one attached hydrogen (secondary N) is 1. The van der Waals surface area contributed by atoms with Crippen molar-refractivity contribution in [2.75, 3.05) is 12.3 Å². The summed E-state index contributed by atoms with van der Waals surface area (Å²) in [5.41, 5.74) is 0. The Bertz CT molecular complexity index is 907. The number of alkyl halides is 1. The summed E-state index contributed by atoms with van der Waals surface area (Å²) in [6.45, 7) is 0.0236. The molecule has 0 spiro atoms. The summed E-state index contributed by atoms with van der Waals surface area (Å²) in [7, 11) is -3.79. The maximum absolute atomic E-state index is 13.8. The van der Waals surface area contributed by atoms with Crippen LogP contribution in [0.4, 0.5) is 13.2 Å². The van der Waals surface area contributed by atoms with Gasteiger partial charge in [0.2, 0.25) is 10.0 Å². The van der Waals surface area contributed by atoms with Gasteiger partial charge in [0.25, 0.3) is 0 Å². The van der Waals surface area contributed by atoms with E-state index in [1.807, 2.05) is 0 Å². The highest BCUT2D eigenvalue weighted by molar-refractivity contribution is 7.99. The maximum atomic E-state index is 13.8. The van der Waals surface area contributed by atoms with E-state index in [-0.39, 0.29) is 17.2 Å². The van der Waals surface area contributed by atoms with Gasteiger partial charge in [0.1, 0.15) is 5.82 Å². The van der Waals surface area contributed by atoms with E-state index in [9.17, 15) is 26.4 Å². The number of sulfonamides is 1. The number of thioether (sulfide) groups is 1. The van der Waals surface area contributed by atoms with Gasteiger partial charge in [-0.15, -0.1) is 11.8 Å². The minimum atomic E-state index is -3.79. The highest BCUT2D eigenvalue weighted by Gasteiger charge is 2.19. The van der Waals surface area contributed by atoms with Crippen LogP contribution in [0.1, 0.15) is 0 Å². The van der Waals surface area contributed by atoms with E-state index in [1.165, 1.54) is 6.07 Å². The highest BCUT2D eigenvalue weighted by atomic mass is 32.2. The van der Waals surface area contributed by atoms with Crippen molar-refractivity contribution in [3.8, 4) is 5.75 Å². The van der Waals surface area contributed by atoms with Gasteiger partial charge in [-0.2, -0.15) is 4.39 Å². The molecule has 0 fully saturated rings. The number of benzene rings is 2. The van der Waals surface area contributed by atoms with Crippen molar-refractivity contribution >= 4 is 27.8 Å². The largest absolute Gasteiger partial charge is 0.476 e. The average molecular weight is 421 g/mol. The number of hydrogen-bond donors (Lipinski definition) is 2. The van der Waals surface area contributed by atoms with E-state index in [4.69, 9.17) is 5.11 Å². The number of ether oxygens (including phenoxy) is 1. The van der Waals surface area contributed by atoms with Gasteiger partial charge in [0.15, 0.2) is 11.6 Å². The van der Waals surface area contributed by atoms with Crippen molar-refractivity contribution in [3.63, 3.8) is 0 Å². The van der Waals surface area contributed by atoms with Crippen molar-refractivity contribution in [2.45, 2.75) is 16.1 Å². The molecule has 0 radical (unpaired) electrons. The van der Waals surface area contributed by atoms with Crippen molar-refractivity contribution in [3.05, 3.63) is 54.1 Å². The molecule has 0 aromatic heterocycles. The number of aliphatic carboxylic acids is 1. The number of halogens is 3. The molecule has 1 unspecified atom stereocenters. The van der Waals surface area contributed by atoms with E-state index in [0.29, 0.717) is 4.90 Å². The van der Waals surface area contributed by atoms with Crippen molar-refractivity contribution in [1.82, 2.24) is 4.72 Å². The van der Waals surface area contributed by atoms with Crippen LogP contribution in [-0.4, -0.2) is 38.1 Å². The van der Waals surface area contributed by atoms with Gasteiger partial charge < -0.3 is 9.84 Å². The van der Waals surface area contributed by atoms with Gasteiger partial charge in [-0.1, -0.05) is 0 Å². The zero-order chi connectivity index (χ0) is 20.0. The summed E-state index contributed by atoms with van der Waals surface area (Å²) in [6, 6.07) is 7.80. The molecule has 0 saturated carbocycles. The summed E-state index contributed by atoms with van der Waals surface area (Å²) in [6.07, 6.45) is -2.68. The fourth-order valence-corrected chi connectivity index (χ4v) is 3.82. The second-order valence-electron chi connectivity index (χ2n) is 5.06. The van der Waals surface area contributed by atoms with Gasteiger partial charge in [-0.25, -0.2) is 26.7 Å². The quantitative estimate of drug-likeness (QED) is 0.478. The Morgan fingerprint density at radius 2 is 1.85 bits per heavy atom. The molecule has 0 heterocycles. The predicted molar refractivity (Wildman–Crippen MR) is 91.9 cm³/mol. The minimum absolute atomic E-state index is 0.0236. The Morgan fingerprint density at radius 1 is 1.19 bits per heavy atom. The number of rotatable bonds is 9. The lowest BCUT2D eigenvalue weighted by Crippen LogP contribution is -2.26. The third-order valence-electron chi connectivity index (χ3n) is 3.11. The first-order chi connectivity index (χ1) is 12.7. The van der Waals surface area contributed by atoms with E-state index in [1.54, 1.807) is 0 Å². The molecule has 146 valence electrons. The van der Waals surface area contributed by atoms with Crippen LogP contribution in [0.25, 0.3) is 0 Å². The second-order valence-corrected chi connectivity index (χ2v) is 8.00. The molecule has 11 heteroatoms. The highest BCUT2D eigenvalue weighted by Crippen LogP contribution is 2.25. The van der Waals surface area contributed by atoms with Gasteiger partial charge in [-0.3, -0.25) is 0 Å². The standard InChI is InChI=1S/C16H14F3NO5S2/c17-10-1-4-12(5-2-10)27(23,24)20-7-8-26-11-3-6-14(13(18)9-11)25-15(19)16(21)22/h1-6,9,15,20H,7-8H2,(H,21,22). The maximum Gasteiger partial charge on any atom is 0.378 e. The van der Waals surface area contributed by atoms with Crippen molar-refractivity contribution in [2.24, 2.45) is 0 Å². The molecule has 0 aliphatic rings. The molecule has 0 bridgehead atoms. The average Bonchev–Trinajstić information content (AvgIpc) is 2.61. The number of hydrogen-bond acceptors (Lipinski definition) is 5. The topological polar surface area (TPSA) is 92.7 Å². The Balaban J connectivity index is 1.87. The lowest BCUT2D eigenvalue weighted by atomic mass is 10.3. The fraction of sp³-hybridized carbons (Fsp3) is 0.188. The smallest absolute Gasteiger partial charge is 0.378 e. The van der Waals surface area contributed by atoms with Crippen LogP contribution < -0.4 is 9.46 Å². The lowest BCUT2D eigenvalue weighted by molar-refractivity contribution is -0.153. The Hall–Kier alpha value is -2.24. The monoisotopic (exact) mass is 421 g/mol.